The molecule has 1 aliphatic rings. The Labute approximate surface area is 142 Å². The van der Waals surface area contributed by atoms with E-state index in [4.69, 9.17) is 0 Å². The Morgan fingerprint density at radius 2 is 1.68 bits per heavy atom. The second-order valence-corrected chi connectivity index (χ2v) is 6.31. The van der Waals surface area contributed by atoms with Crippen molar-refractivity contribution in [3.8, 4) is 22.5 Å². The summed E-state index contributed by atoms with van der Waals surface area (Å²) >= 11 is 0. The van der Waals surface area contributed by atoms with E-state index < -0.39 is 11.9 Å². The molecule has 3 aromatic rings. The number of nitrogens with zero attached hydrogens (tertiary/aromatic N) is 4. The molecule has 0 atom stereocenters. The summed E-state index contributed by atoms with van der Waals surface area (Å²) in [7, 11) is 1.30. The number of imidazole rings is 1. The Morgan fingerprint density at radius 1 is 1.00 bits per heavy atom. The molecule has 2 aromatic heterocycles. The van der Waals surface area contributed by atoms with Gasteiger partial charge >= 0.3 is 6.18 Å². The topological polar surface area (TPSA) is 35.6 Å². The summed E-state index contributed by atoms with van der Waals surface area (Å²) in [5.41, 5.74) is 2.07. The first kappa shape index (κ1) is 15.9. The number of rotatable bonds is 2. The van der Waals surface area contributed by atoms with Gasteiger partial charge in [0, 0.05) is 37.3 Å². The number of hydrogen-bond donors (Lipinski definition) is 0. The lowest BCUT2D eigenvalue weighted by Gasteiger charge is -2.11. The van der Waals surface area contributed by atoms with E-state index in [-0.39, 0.29) is 0 Å². The van der Waals surface area contributed by atoms with Crippen molar-refractivity contribution in [2.45, 2.75) is 32.0 Å². The van der Waals surface area contributed by atoms with Crippen LogP contribution in [0.4, 0.5) is 13.2 Å². The van der Waals surface area contributed by atoms with Gasteiger partial charge in [-0.3, -0.25) is 4.68 Å². The van der Waals surface area contributed by atoms with Crippen molar-refractivity contribution in [2.24, 2.45) is 7.05 Å². The molecule has 0 amide bonds. The van der Waals surface area contributed by atoms with Crippen LogP contribution in [-0.4, -0.2) is 19.3 Å². The van der Waals surface area contributed by atoms with E-state index in [9.17, 15) is 13.2 Å². The molecule has 1 aliphatic heterocycles. The van der Waals surface area contributed by atoms with Crippen molar-refractivity contribution in [1.82, 2.24) is 19.3 Å². The monoisotopic (exact) mass is 346 g/mol. The number of aromatic nitrogens is 4. The summed E-state index contributed by atoms with van der Waals surface area (Å²) < 4.78 is 41.8. The van der Waals surface area contributed by atoms with E-state index in [1.807, 2.05) is 18.3 Å². The van der Waals surface area contributed by atoms with Crippen LogP contribution in [0.1, 0.15) is 24.4 Å². The summed E-state index contributed by atoms with van der Waals surface area (Å²) in [6, 6.07) is 8.41. The first-order valence-electron chi connectivity index (χ1n) is 8.20. The minimum absolute atomic E-state index is 0.311. The van der Waals surface area contributed by atoms with Crippen molar-refractivity contribution in [3.63, 3.8) is 0 Å². The molecule has 4 rings (SSSR count). The van der Waals surface area contributed by atoms with Crippen LogP contribution in [0.25, 0.3) is 22.5 Å². The molecule has 0 bridgehead atoms. The van der Waals surface area contributed by atoms with Crippen molar-refractivity contribution >= 4 is 0 Å². The third-order valence-electron chi connectivity index (χ3n) is 4.56. The molecule has 0 spiro atoms. The summed E-state index contributed by atoms with van der Waals surface area (Å²) in [6.07, 6.45) is 0.966. The molecule has 0 saturated carbocycles. The number of benzene rings is 1. The maximum Gasteiger partial charge on any atom is 0.433 e. The van der Waals surface area contributed by atoms with Gasteiger partial charge in [-0.1, -0.05) is 24.3 Å². The quantitative estimate of drug-likeness (QED) is 0.693. The van der Waals surface area contributed by atoms with E-state index in [1.165, 1.54) is 13.5 Å². The lowest BCUT2D eigenvalue weighted by atomic mass is 10.1. The fraction of sp³-hybridized carbons (Fsp3) is 0.333. The standard InChI is InChI=1S/C18H17F3N4/c1-24-16(18(19,20)21)10-14(23-24)12-5-7-13(8-6-12)15-11-25-9-3-2-4-17(25)22-15/h5-8,10-11H,2-4,9H2,1H3. The summed E-state index contributed by atoms with van der Waals surface area (Å²) in [4.78, 5) is 4.67. The predicted molar refractivity (Wildman–Crippen MR) is 87.8 cm³/mol. The van der Waals surface area contributed by atoms with Crippen molar-refractivity contribution in [3.05, 3.63) is 48.0 Å². The largest absolute Gasteiger partial charge is 0.433 e. The fourth-order valence-corrected chi connectivity index (χ4v) is 3.24. The minimum Gasteiger partial charge on any atom is -0.334 e. The molecule has 4 nitrogen and oxygen atoms in total. The molecule has 0 aliphatic carbocycles. The molecule has 130 valence electrons. The molecule has 0 saturated heterocycles. The number of halogens is 3. The molecule has 0 radical (unpaired) electrons. The van der Waals surface area contributed by atoms with Gasteiger partial charge in [0.1, 0.15) is 11.5 Å². The second-order valence-electron chi connectivity index (χ2n) is 6.31. The zero-order chi connectivity index (χ0) is 17.6. The van der Waals surface area contributed by atoms with Crippen LogP contribution < -0.4 is 0 Å². The number of fused-ring (bicyclic) bond motifs is 1. The Morgan fingerprint density at radius 3 is 2.28 bits per heavy atom. The molecule has 25 heavy (non-hydrogen) atoms. The molecule has 3 heterocycles. The van der Waals surface area contributed by atoms with E-state index in [0.717, 1.165) is 47.2 Å². The molecular weight excluding hydrogens is 329 g/mol. The van der Waals surface area contributed by atoms with Crippen molar-refractivity contribution in [1.29, 1.82) is 0 Å². The number of hydrogen-bond acceptors (Lipinski definition) is 2. The second kappa shape index (κ2) is 5.75. The van der Waals surface area contributed by atoms with Gasteiger partial charge in [-0.25, -0.2) is 4.98 Å². The minimum atomic E-state index is -4.41. The highest BCUT2D eigenvalue weighted by molar-refractivity contribution is 5.66. The normalized spacial score (nSPS) is 14.6. The van der Waals surface area contributed by atoms with Crippen molar-refractivity contribution < 1.29 is 13.2 Å². The smallest absolute Gasteiger partial charge is 0.334 e. The van der Waals surface area contributed by atoms with Gasteiger partial charge in [-0.15, -0.1) is 0 Å². The van der Waals surface area contributed by atoms with Crippen LogP contribution in [0.5, 0.6) is 0 Å². The Hall–Kier alpha value is -2.57. The average molecular weight is 346 g/mol. The number of alkyl halides is 3. The Kier molecular flexibility index (Phi) is 3.67. The van der Waals surface area contributed by atoms with E-state index in [2.05, 4.69) is 14.6 Å². The van der Waals surface area contributed by atoms with Gasteiger partial charge in [-0.2, -0.15) is 18.3 Å². The van der Waals surface area contributed by atoms with Crippen LogP contribution in [0.15, 0.2) is 36.5 Å². The maximum absolute atomic E-state index is 12.9. The highest BCUT2D eigenvalue weighted by Gasteiger charge is 2.35. The zero-order valence-electron chi connectivity index (χ0n) is 13.7. The van der Waals surface area contributed by atoms with Crippen LogP contribution in [0, 0.1) is 0 Å². The first-order chi connectivity index (χ1) is 11.9. The van der Waals surface area contributed by atoms with Gasteiger partial charge in [0.25, 0.3) is 0 Å². The number of aryl methyl sites for hydroxylation is 3. The Bertz CT molecular complexity index is 880. The fourth-order valence-electron chi connectivity index (χ4n) is 3.24. The van der Waals surface area contributed by atoms with Gasteiger partial charge in [0.05, 0.1) is 11.4 Å². The third kappa shape index (κ3) is 2.94. The van der Waals surface area contributed by atoms with Gasteiger partial charge in [0.15, 0.2) is 0 Å². The molecule has 0 unspecified atom stereocenters. The summed E-state index contributed by atoms with van der Waals surface area (Å²) in [5.74, 6) is 1.10. The molecule has 1 aromatic carbocycles. The van der Waals surface area contributed by atoms with Crippen LogP contribution in [0.3, 0.4) is 0 Å². The van der Waals surface area contributed by atoms with Crippen LogP contribution >= 0.6 is 0 Å². The Balaban J connectivity index is 1.63. The molecule has 0 N–H and O–H groups in total. The first-order valence-corrected chi connectivity index (χ1v) is 8.20. The van der Waals surface area contributed by atoms with Crippen LogP contribution in [0.2, 0.25) is 0 Å². The summed E-state index contributed by atoms with van der Waals surface area (Å²) in [6.45, 7) is 0.995. The lowest BCUT2D eigenvalue weighted by Crippen LogP contribution is -2.11. The highest BCUT2D eigenvalue weighted by Crippen LogP contribution is 2.32. The van der Waals surface area contributed by atoms with Crippen molar-refractivity contribution in [2.75, 3.05) is 0 Å². The molecule has 7 heteroatoms. The predicted octanol–water partition coefficient (Wildman–Crippen LogP) is 4.31. The van der Waals surface area contributed by atoms with Gasteiger partial charge < -0.3 is 4.57 Å². The van der Waals surface area contributed by atoms with E-state index in [0.29, 0.717) is 11.3 Å². The maximum atomic E-state index is 12.9. The van der Waals surface area contributed by atoms with Crippen LogP contribution in [-0.2, 0) is 26.2 Å². The molecular formula is C18H17F3N4. The zero-order valence-corrected chi connectivity index (χ0v) is 13.7. The third-order valence-corrected chi connectivity index (χ3v) is 4.56. The van der Waals surface area contributed by atoms with E-state index >= 15 is 0 Å². The molecule has 0 fully saturated rings. The lowest BCUT2D eigenvalue weighted by molar-refractivity contribution is -0.143. The summed E-state index contributed by atoms with van der Waals surface area (Å²) in [5, 5.41) is 3.98. The highest BCUT2D eigenvalue weighted by atomic mass is 19.4. The average Bonchev–Trinajstić information content (AvgIpc) is 3.18. The van der Waals surface area contributed by atoms with E-state index in [1.54, 1.807) is 12.1 Å². The SMILES string of the molecule is Cn1nc(-c2ccc(-c3cn4c(n3)CCCC4)cc2)cc1C(F)(F)F. The van der Waals surface area contributed by atoms with Gasteiger partial charge in [-0.05, 0) is 18.9 Å². The van der Waals surface area contributed by atoms with Gasteiger partial charge in [0.2, 0.25) is 0 Å².